The molecule has 19 heavy (non-hydrogen) atoms. The molecule has 1 N–H and O–H groups in total. The van der Waals surface area contributed by atoms with E-state index in [-0.39, 0.29) is 0 Å². The third kappa shape index (κ3) is 2.86. The van der Waals surface area contributed by atoms with Gasteiger partial charge in [-0.3, -0.25) is 0 Å². The van der Waals surface area contributed by atoms with Crippen molar-refractivity contribution in [1.82, 2.24) is 5.32 Å². The van der Waals surface area contributed by atoms with E-state index in [9.17, 15) is 0 Å². The zero-order chi connectivity index (χ0) is 13.1. The minimum atomic E-state index is 0.364. The predicted molar refractivity (Wildman–Crippen MR) is 75.7 cm³/mol. The molecule has 2 unspecified atom stereocenters. The molecule has 2 aliphatic rings. The van der Waals surface area contributed by atoms with Crippen molar-refractivity contribution in [3.05, 3.63) is 23.8 Å². The summed E-state index contributed by atoms with van der Waals surface area (Å²) >= 11 is 0. The average Bonchev–Trinajstić information content (AvgIpc) is 2.93. The molecule has 0 radical (unpaired) electrons. The maximum Gasteiger partial charge on any atom is 0.231 e. The van der Waals surface area contributed by atoms with Crippen LogP contribution in [0.1, 0.15) is 37.7 Å². The van der Waals surface area contributed by atoms with E-state index < -0.39 is 0 Å². The fraction of sp³-hybridized carbons (Fsp3) is 0.625. The van der Waals surface area contributed by atoms with Gasteiger partial charge in [-0.1, -0.05) is 18.9 Å². The van der Waals surface area contributed by atoms with Crippen LogP contribution in [0.25, 0.3) is 0 Å². The Bertz CT molecular complexity index is 433. The lowest BCUT2D eigenvalue weighted by Gasteiger charge is -2.31. The van der Waals surface area contributed by atoms with E-state index in [0.717, 1.165) is 23.8 Å². The van der Waals surface area contributed by atoms with Crippen LogP contribution in [0.5, 0.6) is 11.5 Å². The van der Waals surface area contributed by atoms with E-state index in [2.05, 4.69) is 24.5 Å². The van der Waals surface area contributed by atoms with Crippen LogP contribution in [0.2, 0.25) is 0 Å². The number of aryl methyl sites for hydroxylation is 1. The van der Waals surface area contributed by atoms with Gasteiger partial charge in [0.15, 0.2) is 11.5 Å². The summed E-state index contributed by atoms with van der Waals surface area (Å²) in [6.45, 7) is 0.364. The number of fused-ring (bicyclic) bond motifs is 1. The van der Waals surface area contributed by atoms with Crippen molar-refractivity contribution in [3.63, 3.8) is 0 Å². The number of rotatable bonds is 4. The maximum atomic E-state index is 5.44. The van der Waals surface area contributed by atoms with Gasteiger partial charge in [0.1, 0.15) is 0 Å². The molecule has 3 nitrogen and oxygen atoms in total. The topological polar surface area (TPSA) is 30.5 Å². The summed E-state index contributed by atoms with van der Waals surface area (Å²) in [4.78, 5) is 0. The zero-order valence-electron chi connectivity index (χ0n) is 11.7. The lowest BCUT2D eigenvalue weighted by Crippen LogP contribution is -2.36. The molecule has 1 aromatic carbocycles. The fourth-order valence-electron chi connectivity index (χ4n) is 3.38. The van der Waals surface area contributed by atoms with E-state index in [1.807, 2.05) is 6.07 Å². The van der Waals surface area contributed by atoms with Crippen molar-refractivity contribution in [2.45, 2.75) is 44.6 Å². The Balaban J connectivity index is 1.59. The molecule has 0 saturated heterocycles. The van der Waals surface area contributed by atoms with Crippen LogP contribution in [0, 0.1) is 5.92 Å². The first-order valence-electron chi connectivity index (χ1n) is 7.42. The maximum absolute atomic E-state index is 5.44. The van der Waals surface area contributed by atoms with Crippen LogP contribution in [-0.2, 0) is 6.42 Å². The number of ether oxygens (including phenoxy) is 2. The summed E-state index contributed by atoms with van der Waals surface area (Å²) in [6.07, 6.45) is 7.89. The summed E-state index contributed by atoms with van der Waals surface area (Å²) in [6, 6.07) is 7.06. The van der Waals surface area contributed by atoms with Crippen molar-refractivity contribution < 1.29 is 9.47 Å². The SMILES string of the molecule is CNC1CCCCC1CCc1ccc2c(c1)OCO2. The lowest BCUT2D eigenvalue weighted by molar-refractivity contribution is 0.174. The molecule has 2 atom stereocenters. The first-order valence-corrected chi connectivity index (χ1v) is 7.42. The van der Waals surface area contributed by atoms with Gasteiger partial charge in [-0.15, -0.1) is 0 Å². The largest absolute Gasteiger partial charge is 0.454 e. The Morgan fingerprint density at radius 2 is 2.00 bits per heavy atom. The molecule has 0 spiro atoms. The molecule has 3 heteroatoms. The van der Waals surface area contributed by atoms with Crippen molar-refractivity contribution in [3.8, 4) is 11.5 Å². The summed E-state index contributed by atoms with van der Waals surface area (Å²) in [5.41, 5.74) is 1.37. The smallest absolute Gasteiger partial charge is 0.231 e. The van der Waals surface area contributed by atoms with Crippen LogP contribution in [-0.4, -0.2) is 19.9 Å². The van der Waals surface area contributed by atoms with Gasteiger partial charge >= 0.3 is 0 Å². The second-order valence-electron chi connectivity index (χ2n) is 5.67. The van der Waals surface area contributed by atoms with E-state index in [0.29, 0.717) is 12.8 Å². The molecule has 1 aromatic rings. The van der Waals surface area contributed by atoms with Gasteiger partial charge < -0.3 is 14.8 Å². The van der Waals surface area contributed by atoms with E-state index in [4.69, 9.17) is 9.47 Å². The molecular formula is C16H23NO2. The third-order valence-electron chi connectivity index (χ3n) is 4.52. The second kappa shape index (κ2) is 5.83. The molecule has 104 valence electrons. The fourth-order valence-corrected chi connectivity index (χ4v) is 3.38. The number of hydrogen-bond donors (Lipinski definition) is 1. The average molecular weight is 261 g/mol. The van der Waals surface area contributed by atoms with Crippen LogP contribution >= 0.6 is 0 Å². The van der Waals surface area contributed by atoms with Crippen molar-refractivity contribution in [1.29, 1.82) is 0 Å². The molecule has 0 aromatic heterocycles. The molecule has 0 bridgehead atoms. The zero-order valence-corrected chi connectivity index (χ0v) is 11.7. The second-order valence-corrected chi connectivity index (χ2v) is 5.67. The van der Waals surface area contributed by atoms with E-state index in [1.165, 1.54) is 37.7 Å². The Labute approximate surface area is 115 Å². The Morgan fingerprint density at radius 3 is 2.89 bits per heavy atom. The molecule has 0 amide bonds. The first-order chi connectivity index (χ1) is 9.36. The summed E-state index contributed by atoms with van der Waals surface area (Å²) in [5.74, 6) is 2.62. The van der Waals surface area contributed by atoms with E-state index in [1.54, 1.807) is 0 Å². The Kier molecular flexibility index (Phi) is 3.92. The van der Waals surface area contributed by atoms with Gasteiger partial charge in [-0.25, -0.2) is 0 Å². The quantitative estimate of drug-likeness (QED) is 0.903. The minimum Gasteiger partial charge on any atom is -0.454 e. The van der Waals surface area contributed by atoms with Crippen LogP contribution in [0.3, 0.4) is 0 Å². The number of nitrogens with one attached hydrogen (secondary N) is 1. The molecule has 1 heterocycles. The molecule has 1 fully saturated rings. The lowest BCUT2D eigenvalue weighted by atomic mass is 9.81. The highest BCUT2D eigenvalue weighted by molar-refractivity contribution is 5.44. The van der Waals surface area contributed by atoms with Gasteiger partial charge in [0.25, 0.3) is 0 Å². The van der Waals surface area contributed by atoms with Crippen LogP contribution in [0.15, 0.2) is 18.2 Å². The molecule has 1 aliphatic heterocycles. The van der Waals surface area contributed by atoms with E-state index >= 15 is 0 Å². The molecule has 1 saturated carbocycles. The van der Waals surface area contributed by atoms with Crippen molar-refractivity contribution in [2.24, 2.45) is 5.92 Å². The highest BCUT2D eigenvalue weighted by Gasteiger charge is 2.23. The molecule has 3 rings (SSSR count). The monoisotopic (exact) mass is 261 g/mol. The highest BCUT2D eigenvalue weighted by Crippen LogP contribution is 2.34. The Morgan fingerprint density at radius 1 is 1.16 bits per heavy atom. The standard InChI is InChI=1S/C16H23NO2/c1-17-14-5-3-2-4-13(14)8-6-12-7-9-15-16(10-12)19-11-18-15/h7,9-10,13-14,17H,2-6,8,11H2,1H3. The summed E-state index contributed by atoms with van der Waals surface area (Å²) < 4.78 is 10.8. The first kappa shape index (κ1) is 12.8. The van der Waals surface area contributed by atoms with Gasteiger partial charge in [-0.2, -0.15) is 0 Å². The van der Waals surface area contributed by atoms with Crippen molar-refractivity contribution in [2.75, 3.05) is 13.8 Å². The predicted octanol–water partition coefficient (Wildman–Crippen LogP) is 3.13. The van der Waals surface area contributed by atoms with Gasteiger partial charge in [0.2, 0.25) is 6.79 Å². The third-order valence-corrected chi connectivity index (χ3v) is 4.52. The van der Waals surface area contributed by atoms with Crippen LogP contribution < -0.4 is 14.8 Å². The number of hydrogen-bond acceptors (Lipinski definition) is 3. The number of benzene rings is 1. The minimum absolute atomic E-state index is 0.364. The van der Waals surface area contributed by atoms with Gasteiger partial charge in [0.05, 0.1) is 0 Å². The highest BCUT2D eigenvalue weighted by atomic mass is 16.7. The van der Waals surface area contributed by atoms with Crippen LogP contribution in [0.4, 0.5) is 0 Å². The summed E-state index contributed by atoms with van der Waals surface area (Å²) in [5, 5.41) is 3.49. The van der Waals surface area contributed by atoms with Gasteiger partial charge in [-0.05, 0) is 56.3 Å². The normalized spacial score (nSPS) is 25.5. The van der Waals surface area contributed by atoms with Gasteiger partial charge in [0, 0.05) is 6.04 Å². The van der Waals surface area contributed by atoms with Crippen molar-refractivity contribution >= 4 is 0 Å². The molecular weight excluding hydrogens is 238 g/mol. The summed E-state index contributed by atoms with van der Waals surface area (Å²) in [7, 11) is 2.10. The molecule has 1 aliphatic carbocycles. The Hall–Kier alpha value is -1.22.